The molecule has 4 aliphatic rings. The molecule has 196 valence electrons. The van der Waals surface area contributed by atoms with Crippen molar-refractivity contribution < 1.29 is 36.0 Å². The molecule has 2 aliphatic heterocycles. The Morgan fingerprint density at radius 2 is 2.03 bits per heavy atom. The molecule has 0 aromatic rings. The van der Waals surface area contributed by atoms with Gasteiger partial charge in [-0.25, -0.2) is 8.98 Å². The third-order valence-corrected chi connectivity index (χ3v) is 8.31. The molecule has 2 N–H and O–H groups in total. The molecule has 0 aromatic carbocycles. The minimum atomic E-state index is -4.53. The van der Waals surface area contributed by atoms with E-state index in [4.69, 9.17) is 18.9 Å². The number of hydrogen-bond donors (Lipinski definition) is 1. The Morgan fingerprint density at radius 1 is 1.29 bits per heavy atom. The fraction of sp³-hybridized carbons (Fsp3) is 0.783. The van der Waals surface area contributed by atoms with E-state index in [9.17, 15) is 22.8 Å². The number of allylic oxidation sites excluding steroid dienone is 2. The molecular weight excluding hydrogens is 478 g/mol. The van der Waals surface area contributed by atoms with E-state index in [-0.39, 0.29) is 25.7 Å². The van der Waals surface area contributed by atoms with E-state index in [1.807, 2.05) is 0 Å². The SMILES string of the molecule is CC1CC2=CCC(C(=O)OCCC(C)(C)COS(=O)(=O)ON3C(=O)N4C[C@H]3CC[C@H]4C(N)=O)(C2)C1. The van der Waals surface area contributed by atoms with Gasteiger partial charge in [0.25, 0.3) is 0 Å². The first kappa shape index (κ1) is 25.9. The Balaban J connectivity index is 1.24. The summed E-state index contributed by atoms with van der Waals surface area (Å²) in [5.74, 6) is -0.367. The molecular formula is C23H35N3O8S. The van der Waals surface area contributed by atoms with Crippen LogP contribution in [0.4, 0.5) is 4.79 Å². The Labute approximate surface area is 206 Å². The van der Waals surface area contributed by atoms with Crippen molar-refractivity contribution in [1.82, 2.24) is 9.96 Å². The van der Waals surface area contributed by atoms with Crippen molar-refractivity contribution in [3.8, 4) is 0 Å². The van der Waals surface area contributed by atoms with Gasteiger partial charge in [0.2, 0.25) is 5.91 Å². The molecule has 2 heterocycles. The van der Waals surface area contributed by atoms with E-state index in [1.54, 1.807) is 13.8 Å². The Kier molecular flexibility index (Phi) is 6.93. The summed E-state index contributed by atoms with van der Waals surface area (Å²) in [6.45, 7) is 5.83. The van der Waals surface area contributed by atoms with Gasteiger partial charge in [-0.2, -0.15) is 13.5 Å². The number of urea groups is 1. The first-order chi connectivity index (χ1) is 16.3. The van der Waals surface area contributed by atoms with Gasteiger partial charge in [0.1, 0.15) is 6.04 Å². The highest BCUT2D eigenvalue weighted by molar-refractivity contribution is 7.81. The van der Waals surface area contributed by atoms with Gasteiger partial charge in [-0.3, -0.25) is 9.59 Å². The number of rotatable bonds is 10. The van der Waals surface area contributed by atoms with Crippen LogP contribution in [0, 0.1) is 16.7 Å². The monoisotopic (exact) mass is 513 g/mol. The number of esters is 1. The smallest absolute Gasteiger partial charge is 0.421 e. The number of nitrogens with two attached hydrogens (primary N) is 1. The van der Waals surface area contributed by atoms with Crippen LogP contribution in [-0.2, 0) is 33.2 Å². The summed E-state index contributed by atoms with van der Waals surface area (Å²) < 4.78 is 40.5. The fourth-order valence-corrected chi connectivity index (χ4v) is 6.57. The van der Waals surface area contributed by atoms with E-state index in [0.717, 1.165) is 30.7 Å². The average Bonchev–Trinajstić information content (AvgIpc) is 3.21. The van der Waals surface area contributed by atoms with Crippen LogP contribution >= 0.6 is 0 Å². The number of fused-ring (bicyclic) bond motifs is 4. The van der Waals surface area contributed by atoms with Crippen molar-refractivity contribution in [2.45, 2.75) is 77.8 Å². The molecule has 2 unspecified atom stereocenters. The van der Waals surface area contributed by atoms with Crippen molar-refractivity contribution >= 4 is 28.3 Å². The average molecular weight is 514 g/mol. The second kappa shape index (κ2) is 9.36. The fourth-order valence-electron chi connectivity index (χ4n) is 5.68. The Hall–Kier alpha value is -2.18. The highest BCUT2D eigenvalue weighted by atomic mass is 32.3. The number of carbonyl (C=O) groups excluding carboxylic acids is 3. The molecule has 4 bridgehead atoms. The summed E-state index contributed by atoms with van der Waals surface area (Å²) in [5, 5.41) is 0.751. The summed E-state index contributed by atoms with van der Waals surface area (Å²) in [6, 6.07) is -2.01. The van der Waals surface area contributed by atoms with Gasteiger partial charge in [-0.15, -0.1) is 4.28 Å². The van der Waals surface area contributed by atoms with E-state index in [0.29, 0.717) is 25.2 Å². The van der Waals surface area contributed by atoms with Crippen LogP contribution in [0.2, 0.25) is 0 Å². The Bertz CT molecular complexity index is 1030. The molecule has 4 atom stereocenters. The number of carbonyl (C=O) groups is 3. The quantitative estimate of drug-likeness (QED) is 0.345. The lowest BCUT2D eigenvalue weighted by molar-refractivity contribution is -0.158. The molecule has 12 heteroatoms. The first-order valence-corrected chi connectivity index (χ1v) is 13.5. The Morgan fingerprint density at radius 3 is 2.74 bits per heavy atom. The van der Waals surface area contributed by atoms with Gasteiger partial charge in [-0.05, 0) is 56.3 Å². The zero-order chi connectivity index (χ0) is 25.6. The van der Waals surface area contributed by atoms with Crippen LogP contribution in [0.3, 0.4) is 0 Å². The maximum absolute atomic E-state index is 12.8. The second-order valence-corrected chi connectivity index (χ2v) is 12.4. The van der Waals surface area contributed by atoms with Crippen LogP contribution in [0.1, 0.15) is 65.7 Å². The number of nitrogens with zero attached hydrogens (tertiary/aromatic N) is 2. The molecule has 4 rings (SSSR count). The number of ether oxygens (including phenoxy) is 1. The van der Waals surface area contributed by atoms with Crippen LogP contribution in [0.25, 0.3) is 0 Å². The van der Waals surface area contributed by atoms with E-state index < -0.39 is 45.3 Å². The molecule has 1 saturated carbocycles. The predicted molar refractivity (Wildman–Crippen MR) is 123 cm³/mol. The van der Waals surface area contributed by atoms with Gasteiger partial charge in [0.05, 0.1) is 24.7 Å². The van der Waals surface area contributed by atoms with Crippen molar-refractivity contribution in [3.63, 3.8) is 0 Å². The maximum atomic E-state index is 12.8. The predicted octanol–water partition coefficient (Wildman–Crippen LogP) is 2.03. The molecule has 11 nitrogen and oxygen atoms in total. The zero-order valence-corrected chi connectivity index (χ0v) is 21.3. The summed E-state index contributed by atoms with van der Waals surface area (Å²) in [4.78, 5) is 38.1. The van der Waals surface area contributed by atoms with Crippen LogP contribution < -0.4 is 5.73 Å². The highest BCUT2D eigenvalue weighted by Gasteiger charge is 2.49. The zero-order valence-electron chi connectivity index (χ0n) is 20.5. The minimum Gasteiger partial charge on any atom is -0.465 e. The second-order valence-electron chi connectivity index (χ2n) is 11.2. The number of hydroxylamine groups is 2. The molecule has 0 spiro atoms. The van der Waals surface area contributed by atoms with E-state index >= 15 is 0 Å². The maximum Gasteiger partial charge on any atom is 0.421 e. The van der Waals surface area contributed by atoms with E-state index in [1.165, 1.54) is 10.5 Å². The third-order valence-electron chi connectivity index (χ3n) is 7.56. The molecule has 3 amide bonds. The summed E-state index contributed by atoms with van der Waals surface area (Å²) in [7, 11) is -4.53. The normalized spacial score (nSPS) is 30.4. The van der Waals surface area contributed by atoms with Gasteiger partial charge >= 0.3 is 22.4 Å². The van der Waals surface area contributed by atoms with Crippen molar-refractivity contribution in [2.75, 3.05) is 19.8 Å². The minimum absolute atomic E-state index is 0.151. The largest absolute Gasteiger partial charge is 0.465 e. The highest BCUT2D eigenvalue weighted by Crippen LogP contribution is 2.50. The number of piperidine rings is 1. The molecule has 3 fully saturated rings. The standard InChI is InChI=1S/C23H35N3O8S/c1-15-10-16-6-7-23(11-15,12-16)20(28)32-9-8-22(2,3)14-33-35(30,31)34-26-17-4-5-18(19(24)27)25(13-17)21(26)29/h6,15,17-18H,4-5,7-14H2,1-3H3,(H2,24,27)/t15?,17-,18+,23?/m1/s1. The summed E-state index contributed by atoms with van der Waals surface area (Å²) in [6.07, 6.45) is 6.64. The van der Waals surface area contributed by atoms with Gasteiger partial charge < -0.3 is 15.4 Å². The van der Waals surface area contributed by atoms with Crippen molar-refractivity contribution in [2.24, 2.45) is 22.5 Å². The summed E-state index contributed by atoms with van der Waals surface area (Å²) in [5.41, 5.74) is 5.58. The first-order valence-electron chi connectivity index (χ1n) is 12.1. The topological polar surface area (TPSA) is 146 Å². The van der Waals surface area contributed by atoms with Gasteiger partial charge in [-0.1, -0.05) is 32.4 Å². The van der Waals surface area contributed by atoms with Crippen LogP contribution in [-0.4, -0.2) is 68.1 Å². The van der Waals surface area contributed by atoms with Crippen molar-refractivity contribution in [1.29, 1.82) is 0 Å². The van der Waals surface area contributed by atoms with Gasteiger partial charge in [0.15, 0.2) is 0 Å². The van der Waals surface area contributed by atoms with Crippen molar-refractivity contribution in [3.05, 3.63) is 11.6 Å². The molecule has 35 heavy (non-hydrogen) atoms. The molecule has 0 radical (unpaired) electrons. The molecule has 2 aliphatic carbocycles. The van der Waals surface area contributed by atoms with Gasteiger partial charge in [0, 0.05) is 6.54 Å². The lowest BCUT2D eigenvalue weighted by Gasteiger charge is -2.34. The lowest BCUT2D eigenvalue weighted by Crippen LogP contribution is -2.47. The molecule has 0 aromatic heterocycles. The number of amides is 3. The van der Waals surface area contributed by atoms with Crippen LogP contribution in [0.5, 0.6) is 0 Å². The lowest BCUT2D eigenvalue weighted by atomic mass is 9.71. The number of primary amides is 1. The summed E-state index contributed by atoms with van der Waals surface area (Å²) >= 11 is 0. The number of hydrogen-bond acceptors (Lipinski definition) is 8. The van der Waals surface area contributed by atoms with E-state index in [2.05, 4.69) is 13.0 Å². The van der Waals surface area contributed by atoms with Crippen LogP contribution in [0.15, 0.2) is 11.6 Å². The third kappa shape index (κ3) is 5.49. The molecule has 2 saturated heterocycles.